The number of aromatic nitrogens is 4. The van der Waals surface area contributed by atoms with Crippen LogP contribution in [-0.4, -0.2) is 26.3 Å². The van der Waals surface area contributed by atoms with Crippen molar-refractivity contribution >= 4 is 5.82 Å². The van der Waals surface area contributed by atoms with Crippen LogP contribution in [0.2, 0.25) is 0 Å². The average Bonchev–Trinajstić information content (AvgIpc) is 2.83. The molecule has 134 valence electrons. The van der Waals surface area contributed by atoms with Gasteiger partial charge in [-0.25, -0.2) is 4.68 Å². The Labute approximate surface area is 147 Å². The first-order valence-corrected chi connectivity index (χ1v) is 8.34. The minimum atomic E-state index is -4.40. The molecule has 0 fully saturated rings. The Hall–Kier alpha value is -2.90. The molecule has 1 aliphatic rings. The second kappa shape index (κ2) is 6.44. The van der Waals surface area contributed by atoms with E-state index in [2.05, 4.69) is 20.4 Å². The lowest BCUT2D eigenvalue weighted by molar-refractivity contribution is -0.137. The van der Waals surface area contributed by atoms with Gasteiger partial charge < -0.3 is 5.32 Å². The number of hydrogen-bond acceptors (Lipinski definition) is 4. The van der Waals surface area contributed by atoms with Crippen LogP contribution in [0, 0.1) is 0 Å². The van der Waals surface area contributed by atoms with Crippen LogP contribution < -0.4 is 5.32 Å². The highest BCUT2D eigenvalue weighted by Gasteiger charge is 2.31. The molecular formula is C18H16F3N5. The first-order valence-electron chi connectivity index (χ1n) is 8.34. The highest BCUT2D eigenvalue weighted by atomic mass is 19.4. The van der Waals surface area contributed by atoms with E-state index in [0.29, 0.717) is 17.1 Å². The Kier molecular flexibility index (Phi) is 4.10. The molecule has 26 heavy (non-hydrogen) atoms. The first kappa shape index (κ1) is 16.6. The van der Waals surface area contributed by atoms with Crippen molar-refractivity contribution in [1.82, 2.24) is 19.7 Å². The predicted molar refractivity (Wildman–Crippen MR) is 91.0 cm³/mol. The summed E-state index contributed by atoms with van der Waals surface area (Å²) >= 11 is 0. The summed E-state index contributed by atoms with van der Waals surface area (Å²) in [7, 11) is 0. The molecule has 0 amide bonds. The topological polar surface area (TPSA) is 55.6 Å². The molecule has 0 aliphatic carbocycles. The normalized spacial score (nSPS) is 14.4. The van der Waals surface area contributed by atoms with E-state index in [1.165, 1.54) is 6.07 Å². The van der Waals surface area contributed by atoms with Gasteiger partial charge in [0.05, 0.1) is 17.4 Å². The Morgan fingerprint density at radius 1 is 1.12 bits per heavy atom. The molecule has 4 rings (SSSR count). The van der Waals surface area contributed by atoms with Gasteiger partial charge >= 0.3 is 6.18 Å². The van der Waals surface area contributed by atoms with Crippen molar-refractivity contribution in [3.63, 3.8) is 0 Å². The molecule has 8 heteroatoms. The largest absolute Gasteiger partial charge is 0.416 e. The lowest BCUT2D eigenvalue weighted by Gasteiger charge is -2.12. The number of hydrogen-bond donors (Lipinski definition) is 1. The van der Waals surface area contributed by atoms with E-state index in [1.807, 2.05) is 0 Å². The molecule has 3 aromatic rings. The monoisotopic (exact) mass is 359 g/mol. The van der Waals surface area contributed by atoms with Crippen LogP contribution in [0.15, 0.2) is 42.9 Å². The van der Waals surface area contributed by atoms with Crippen LogP contribution in [0.5, 0.6) is 0 Å². The number of nitrogens with one attached hydrogen (secondary N) is 1. The van der Waals surface area contributed by atoms with Crippen molar-refractivity contribution in [3.8, 4) is 17.1 Å². The van der Waals surface area contributed by atoms with Gasteiger partial charge in [-0.1, -0.05) is 6.07 Å². The molecule has 2 aromatic heterocycles. The lowest BCUT2D eigenvalue weighted by Crippen LogP contribution is -2.09. The maximum absolute atomic E-state index is 13.1. The van der Waals surface area contributed by atoms with Gasteiger partial charge in [0.1, 0.15) is 17.2 Å². The molecule has 0 saturated heterocycles. The van der Waals surface area contributed by atoms with Gasteiger partial charge in [0, 0.05) is 24.5 Å². The molecule has 0 spiro atoms. The Morgan fingerprint density at radius 2 is 2.00 bits per heavy atom. The third-order valence-electron chi connectivity index (χ3n) is 4.35. The van der Waals surface area contributed by atoms with Gasteiger partial charge in [0.25, 0.3) is 0 Å². The molecule has 0 bridgehead atoms. The zero-order valence-electron chi connectivity index (χ0n) is 13.8. The third kappa shape index (κ3) is 3.02. The molecule has 0 atom stereocenters. The minimum Gasteiger partial charge on any atom is -0.370 e. The van der Waals surface area contributed by atoms with Gasteiger partial charge in [-0.2, -0.15) is 18.3 Å². The van der Waals surface area contributed by atoms with Crippen molar-refractivity contribution < 1.29 is 13.2 Å². The van der Waals surface area contributed by atoms with Crippen molar-refractivity contribution in [2.45, 2.75) is 25.4 Å². The van der Waals surface area contributed by atoms with E-state index in [1.54, 1.807) is 29.3 Å². The fourth-order valence-corrected chi connectivity index (χ4v) is 3.13. The van der Waals surface area contributed by atoms with Crippen molar-refractivity contribution in [3.05, 3.63) is 54.0 Å². The third-order valence-corrected chi connectivity index (χ3v) is 4.35. The van der Waals surface area contributed by atoms with Crippen molar-refractivity contribution in [2.75, 3.05) is 11.9 Å². The first-order chi connectivity index (χ1) is 12.5. The summed E-state index contributed by atoms with van der Waals surface area (Å²) in [6.07, 6.45) is 3.11. The molecular weight excluding hydrogens is 343 g/mol. The van der Waals surface area contributed by atoms with Crippen LogP contribution in [0.25, 0.3) is 17.1 Å². The number of nitrogens with zero attached hydrogens (tertiary/aromatic N) is 4. The van der Waals surface area contributed by atoms with E-state index in [-0.39, 0.29) is 0 Å². The van der Waals surface area contributed by atoms with Gasteiger partial charge in [-0.05, 0) is 37.5 Å². The minimum absolute atomic E-state index is 0.362. The van der Waals surface area contributed by atoms with E-state index >= 15 is 0 Å². The predicted octanol–water partition coefficient (Wildman–Crippen LogP) is 4.10. The number of anilines is 1. The fraction of sp³-hybridized carbons (Fsp3) is 0.278. The smallest absolute Gasteiger partial charge is 0.370 e. The van der Waals surface area contributed by atoms with Crippen molar-refractivity contribution in [1.29, 1.82) is 0 Å². The molecule has 5 nitrogen and oxygen atoms in total. The maximum atomic E-state index is 13.1. The molecule has 1 aliphatic heterocycles. The van der Waals surface area contributed by atoms with E-state index < -0.39 is 11.7 Å². The second-order valence-corrected chi connectivity index (χ2v) is 6.11. The summed E-state index contributed by atoms with van der Waals surface area (Å²) in [4.78, 5) is 8.39. The number of alkyl halides is 3. The van der Waals surface area contributed by atoms with Crippen LogP contribution in [-0.2, 0) is 12.6 Å². The number of rotatable bonds is 2. The van der Waals surface area contributed by atoms with Gasteiger partial charge in [0.2, 0.25) is 0 Å². The summed E-state index contributed by atoms with van der Waals surface area (Å²) in [6.45, 7) is 0.748. The average molecular weight is 359 g/mol. The second-order valence-electron chi connectivity index (χ2n) is 6.11. The Balaban J connectivity index is 1.89. The highest BCUT2D eigenvalue weighted by molar-refractivity contribution is 5.68. The molecule has 1 aromatic carbocycles. The molecule has 0 saturated carbocycles. The molecule has 1 N–H and O–H groups in total. The van der Waals surface area contributed by atoms with Crippen LogP contribution in [0.3, 0.4) is 0 Å². The van der Waals surface area contributed by atoms with Crippen LogP contribution in [0.1, 0.15) is 24.0 Å². The van der Waals surface area contributed by atoms with Crippen molar-refractivity contribution in [2.24, 2.45) is 0 Å². The molecule has 3 heterocycles. The van der Waals surface area contributed by atoms with Crippen LogP contribution >= 0.6 is 0 Å². The van der Waals surface area contributed by atoms with Crippen LogP contribution in [0.4, 0.5) is 19.0 Å². The summed E-state index contributed by atoms with van der Waals surface area (Å²) in [5.74, 6) is 0.725. The molecule has 0 radical (unpaired) electrons. The number of fused-ring (bicyclic) bond motifs is 1. The summed E-state index contributed by atoms with van der Waals surface area (Å²) in [5, 5.41) is 7.89. The number of benzene rings is 1. The Bertz CT molecular complexity index is 918. The quantitative estimate of drug-likeness (QED) is 0.749. The van der Waals surface area contributed by atoms with Gasteiger partial charge in [-0.15, -0.1) is 0 Å². The van der Waals surface area contributed by atoms with E-state index in [4.69, 9.17) is 0 Å². The van der Waals surface area contributed by atoms with E-state index in [9.17, 15) is 13.2 Å². The van der Waals surface area contributed by atoms with E-state index in [0.717, 1.165) is 49.3 Å². The SMILES string of the molecule is FC(F)(F)c1cccc(-n2nc(-c3cnccn3)c3c2NCCCC3)c1. The maximum Gasteiger partial charge on any atom is 0.416 e. The van der Waals surface area contributed by atoms with Gasteiger partial charge in [0.15, 0.2) is 0 Å². The molecule has 0 unspecified atom stereocenters. The zero-order valence-corrected chi connectivity index (χ0v) is 13.8. The highest BCUT2D eigenvalue weighted by Crippen LogP contribution is 2.35. The lowest BCUT2D eigenvalue weighted by atomic mass is 10.1. The number of halogens is 3. The zero-order chi connectivity index (χ0) is 18.1. The summed E-state index contributed by atoms with van der Waals surface area (Å²) in [6, 6.07) is 5.18. The summed E-state index contributed by atoms with van der Waals surface area (Å²) < 4.78 is 40.8. The standard InChI is InChI=1S/C18H16F3N5/c19-18(20,21)12-4-3-5-13(10-12)26-17-14(6-1-2-7-24-17)16(25-26)15-11-22-8-9-23-15/h3-5,8-11,24H,1-2,6-7H2. The Morgan fingerprint density at radius 3 is 2.77 bits per heavy atom. The summed E-state index contributed by atoms with van der Waals surface area (Å²) in [5.41, 5.74) is 1.88. The fourth-order valence-electron chi connectivity index (χ4n) is 3.13. The van der Waals surface area contributed by atoms with Gasteiger partial charge in [-0.3, -0.25) is 9.97 Å².